The highest BCUT2D eigenvalue weighted by atomic mass is 16.5. The molecular formula is C19H23N3O. The molecule has 4 nitrogen and oxygen atoms in total. The lowest BCUT2D eigenvalue weighted by atomic mass is 10.1. The first kappa shape index (κ1) is 17.1. The SMILES string of the molecule is CCCC(C=CC1=CC(=C(C#N)C#N)C=C(C)O1)N1CCCC1. The van der Waals surface area contributed by atoms with E-state index >= 15 is 0 Å². The number of nitrogens with zero attached hydrogens (tertiary/aromatic N) is 3. The highest BCUT2D eigenvalue weighted by Gasteiger charge is 2.19. The summed E-state index contributed by atoms with van der Waals surface area (Å²) in [6.45, 7) is 6.35. The van der Waals surface area contributed by atoms with Crippen molar-refractivity contribution in [2.75, 3.05) is 13.1 Å². The third-order valence-electron chi connectivity index (χ3n) is 4.12. The van der Waals surface area contributed by atoms with E-state index in [0.717, 1.165) is 25.9 Å². The largest absolute Gasteiger partial charge is 0.462 e. The Bertz CT molecular complexity index is 619. The highest BCUT2D eigenvalue weighted by molar-refractivity contribution is 5.52. The van der Waals surface area contributed by atoms with Crippen molar-refractivity contribution >= 4 is 0 Å². The lowest BCUT2D eigenvalue weighted by Crippen LogP contribution is -2.30. The second-order valence-corrected chi connectivity index (χ2v) is 5.92. The van der Waals surface area contributed by atoms with Crippen LogP contribution in [0.3, 0.4) is 0 Å². The van der Waals surface area contributed by atoms with Gasteiger partial charge in [-0.3, -0.25) is 4.90 Å². The normalized spacial score (nSPS) is 19.6. The highest BCUT2D eigenvalue weighted by Crippen LogP contribution is 2.23. The van der Waals surface area contributed by atoms with Crippen LogP contribution in [0, 0.1) is 22.7 Å². The van der Waals surface area contributed by atoms with Gasteiger partial charge in [-0.25, -0.2) is 0 Å². The van der Waals surface area contributed by atoms with E-state index in [1.54, 1.807) is 12.2 Å². The summed E-state index contributed by atoms with van der Waals surface area (Å²) in [7, 11) is 0. The second-order valence-electron chi connectivity index (χ2n) is 5.92. The van der Waals surface area contributed by atoms with Crippen molar-refractivity contribution in [3.63, 3.8) is 0 Å². The Labute approximate surface area is 138 Å². The molecule has 0 amide bonds. The summed E-state index contributed by atoms with van der Waals surface area (Å²) < 4.78 is 5.71. The quantitative estimate of drug-likeness (QED) is 0.721. The van der Waals surface area contributed by atoms with Crippen molar-refractivity contribution in [2.24, 2.45) is 0 Å². The molecule has 23 heavy (non-hydrogen) atoms. The standard InChI is InChI=1S/C19H23N3O/c1-3-6-18(22-9-4-5-10-22)7-8-19-12-16(11-15(2)23-19)17(13-20)14-21/h7-8,11-12,18H,3-6,9-10H2,1-2H3. The van der Waals surface area contributed by atoms with E-state index < -0.39 is 0 Å². The van der Waals surface area contributed by atoms with E-state index in [0.29, 0.717) is 23.1 Å². The molecule has 0 spiro atoms. The summed E-state index contributed by atoms with van der Waals surface area (Å²) in [4.78, 5) is 2.51. The van der Waals surface area contributed by atoms with Crippen molar-refractivity contribution in [1.29, 1.82) is 10.5 Å². The van der Waals surface area contributed by atoms with Crippen LogP contribution in [0.5, 0.6) is 0 Å². The summed E-state index contributed by atoms with van der Waals surface area (Å²) in [5, 5.41) is 18.1. The molecule has 2 aliphatic heterocycles. The predicted octanol–water partition coefficient (Wildman–Crippen LogP) is 3.97. The van der Waals surface area contributed by atoms with Gasteiger partial charge in [-0.1, -0.05) is 19.4 Å². The van der Waals surface area contributed by atoms with E-state index in [1.807, 2.05) is 25.1 Å². The van der Waals surface area contributed by atoms with Gasteiger partial charge in [0.05, 0.1) is 0 Å². The Morgan fingerprint density at radius 3 is 2.61 bits per heavy atom. The minimum absolute atomic E-state index is 0.114. The van der Waals surface area contributed by atoms with E-state index in [1.165, 1.54) is 12.8 Å². The first-order chi connectivity index (χ1) is 11.2. The minimum atomic E-state index is 0.114. The lowest BCUT2D eigenvalue weighted by molar-refractivity contribution is 0.268. The van der Waals surface area contributed by atoms with E-state index in [9.17, 15) is 0 Å². The molecule has 1 fully saturated rings. The zero-order valence-electron chi connectivity index (χ0n) is 13.9. The fraction of sp³-hybridized carbons (Fsp3) is 0.474. The van der Waals surface area contributed by atoms with E-state index in [2.05, 4.69) is 17.9 Å². The van der Waals surface area contributed by atoms with Gasteiger partial charge in [0.1, 0.15) is 29.2 Å². The lowest BCUT2D eigenvalue weighted by Gasteiger charge is -2.24. The van der Waals surface area contributed by atoms with Gasteiger partial charge in [-0.05, 0) is 57.5 Å². The van der Waals surface area contributed by atoms with Crippen LogP contribution in [0.2, 0.25) is 0 Å². The average Bonchev–Trinajstić information content (AvgIpc) is 3.06. The molecule has 2 rings (SSSR count). The van der Waals surface area contributed by atoms with Crippen LogP contribution in [0.15, 0.2) is 47.0 Å². The first-order valence-corrected chi connectivity index (χ1v) is 8.22. The zero-order chi connectivity index (χ0) is 16.7. The van der Waals surface area contributed by atoms with Crippen LogP contribution in [0.1, 0.15) is 39.5 Å². The molecular weight excluding hydrogens is 286 g/mol. The average molecular weight is 309 g/mol. The third-order valence-corrected chi connectivity index (χ3v) is 4.12. The van der Waals surface area contributed by atoms with Gasteiger partial charge in [0.15, 0.2) is 0 Å². The van der Waals surface area contributed by atoms with Crippen LogP contribution in [0.25, 0.3) is 0 Å². The maximum Gasteiger partial charge on any atom is 0.137 e. The number of ether oxygens (including phenoxy) is 1. The van der Waals surface area contributed by atoms with Crippen LogP contribution in [0.4, 0.5) is 0 Å². The van der Waals surface area contributed by atoms with E-state index in [-0.39, 0.29) is 5.57 Å². The van der Waals surface area contributed by atoms with Crippen molar-refractivity contribution in [3.05, 3.63) is 47.0 Å². The Hall–Kier alpha value is -2.30. The van der Waals surface area contributed by atoms with Crippen molar-refractivity contribution < 1.29 is 4.74 Å². The minimum Gasteiger partial charge on any atom is -0.462 e. The van der Waals surface area contributed by atoms with Crippen LogP contribution in [-0.4, -0.2) is 24.0 Å². The maximum absolute atomic E-state index is 9.03. The molecule has 0 aromatic heterocycles. The number of hydrogen-bond donors (Lipinski definition) is 0. The summed E-state index contributed by atoms with van der Waals surface area (Å²) in [5.41, 5.74) is 0.731. The van der Waals surface area contributed by atoms with Crippen molar-refractivity contribution in [2.45, 2.75) is 45.6 Å². The maximum atomic E-state index is 9.03. The molecule has 1 unspecified atom stereocenters. The Morgan fingerprint density at radius 1 is 1.30 bits per heavy atom. The second kappa shape index (κ2) is 8.36. The first-order valence-electron chi connectivity index (χ1n) is 8.22. The molecule has 0 saturated carbocycles. The monoisotopic (exact) mass is 309 g/mol. The number of hydrogen-bond acceptors (Lipinski definition) is 4. The number of nitriles is 2. The molecule has 0 N–H and O–H groups in total. The Kier molecular flexibility index (Phi) is 6.20. The molecule has 1 atom stereocenters. The summed E-state index contributed by atoms with van der Waals surface area (Å²) in [6.07, 6.45) is 12.5. The molecule has 120 valence electrons. The third kappa shape index (κ3) is 4.58. The van der Waals surface area contributed by atoms with Gasteiger partial charge < -0.3 is 4.74 Å². The van der Waals surface area contributed by atoms with Crippen molar-refractivity contribution in [1.82, 2.24) is 4.90 Å². The summed E-state index contributed by atoms with van der Waals surface area (Å²) >= 11 is 0. The number of allylic oxidation sites excluding steroid dienone is 6. The number of rotatable bonds is 5. The Morgan fingerprint density at radius 2 is 2.00 bits per heavy atom. The van der Waals surface area contributed by atoms with E-state index in [4.69, 9.17) is 15.3 Å². The fourth-order valence-corrected chi connectivity index (χ4v) is 3.01. The molecule has 2 aliphatic rings. The van der Waals surface area contributed by atoms with Gasteiger partial charge >= 0.3 is 0 Å². The van der Waals surface area contributed by atoms with Gasteiger partial charge in [0.2, 0.25) is 0 Å². The molecule has 0 bridgehead atoms. The Balaban J connectivity index is 2.18. The molecule has 1 saturated heterocycles. The molecule has 0 aromatic carbocycles. The molecule has 0 radical (unpaired) electrons. The van der Waals surface area contributed by atoms with Crippen LogP contribution in [-0.2, 0) is 4.74 Å². The predicted molar refractivity (Wildman–Crippen MR) is 89.8 cm³/mol. The van der Waals surface area contributed by atoms with Gasteiger partial charge in [-0.2, -0.15) is 10.5 Å². The van der Waals surface area contributed by atoms with Crippen molar-refractivity contribution in [3.8, 4) is 12.1 Å². The molecule has 0 aliphatic carbocycles. The molecule has 2 heterocycles. The van der Waals surface area contributed by atoms with Crippen LogP contribution >= 0.6 is 0 Å². The van der Waals surface area contributed by atoms with Gasteiger partial charge in [0, 0.05) is 11.6 Å². The molecule has 4 heteroatoms. The molecule has 0 aromatic rings. The van der Waals surface area contributed by atoms with Crippen LogP contribution < -0.4 is 0 Å². The topological polar surface area (TPSA) is 60.1 Å². The van der Waals surface area contributed by atoms with Gasteiger partial charge in [-0.15, -0.1) is 0 Å². The smallest absolute Gasteiger partial charge is 0.137 e. The zero-order valence-corrected chi connectivity index (χ0v) is 13.9. The summed E-state index contributed by atoms with van der Waals surface area (Å²) in [5.74, 6) is 1.38. The summed E-state index contributed by atoms with van der Waals surface area (Å²) in [6, 6.07) is 4.30. The fourth-order valence-electron chi connectivity index (χ4n) is 3.01. The van der Waals surface area contributed by atoms with Gasteiger partial charge in [0.25, 0.3) is 0 Å². The number of likely N-dealkylation sites (tertiary alicyclic amines) is 1.